The predicted octanol–water partition coefficient (Wildman–Crippen LogP) is 8.52. The second-order valence-corrected chi connectivity index (χ2v) is 9.37. The molecule has 0 rings (SSSR count). The fourth-order valence-electron chi connectivity index (χ4n) is 3.72. The van der Waals surface area contributed by atoms with E-state index in [0.29, 0.717) is 38.9 Å². The molecule has 0 aromatic rings. The Kier molecular flexibility index (Phi) is 25.8. The van der Waals surface area contributed by atoms with Crippen LogP contribution in [0.2, 0.25) is 0 Å². The van der Waals surface area contributed by atoms with Gasteiger partial charge in [0.2, 0.25) is 0 Å². The van der Waals surface area contributed by atoms with E-state index in [-0.39, 0.29) is 11.9 Å². The molecule has 32 heavy (non-hydrogen) atoms. The van der Waals surface area contributed by atoms with Gasteiger partial charge in [-0.15, -0.1) is 11.6 Å². The first-order chi connectivity index (χ1) is 15.7. The zero-order valence-corrected chi connectivity index (χ0v) is 21.7. The van der Waals surface area contributed by atoms with Gasteiger partial charge in [0.05, 0.1) is 13.2 Å². The molecule has 0 aromatic heterocycles. The van der Waals surface area contributed by atoms with Gasteiger partial charge in [-0.25, -0.2) is 0 Å². The van der Waals surface area contributed by atoms with Crippen LogP contribution in [0.1, 0.15) is 142 Å². The van der Waals surface area contributed by atoms with Crippen molar-refractivity contribution in [3.8, 4) is 0 Å². The highest BCUT2D eigenvalue weighted by Gasteiger charge is 2.06. The Morgan fingerprint density at radius 2 is 0.844 bits per heavy atom. The van der Waals surface area contributed by atoms with Crippen LogP contribution in [-0.2, 0) is 19.1 Å². The van der Waals surface area contributed by atoms with E-state index in [1.54, 1.807) is 0 Å². The summed E-state index contributed by atoms with van der Waals surface area (Å²) >= 11 is 5.67. The molecule has 0 saturated carbocycles. The molecule has 0 heterocycles. The number of esters is 2. The molecule has 0 N–H and O–H groups in total. The number of alkyl halides is 1. The summed E-state index contributed by atoms with van der Waals surface area (Å²) in [5.74, 6) is 0.490. The number of hydrogen-bond donors (Lipinski definition) is 0. The summed E-state index contributed by atoms with van der Waals surface area (Å²) < 4.78 is 10.6. The van der Waals surface area contributed by atoms with Crippen LogP contribution in [0.25, 0.3) is 0 Å². The number of ether oxygens (including phenoxy) is 2. The second kappa shape index (κ2) is 26.5. The first-order valence-electron chi connectivity index (χ1n) is 13.6. The van der Waals surface area contributed by atoms with Crippen molar-refractivity contribution in [2.24, 2.45) is 0 Å². The Morgan fingerprint density at radius 3 is 1.22 bits per heavy atom. The third-order valence-electron chi connectivity index (χ3n) is 5.81. The van der Waals surface area contributed by atoms with Gasteiger partial charge >= 0.3 is 11.9 Å². The Morgan fingerprint density at radius 1 is 0.500 bits per heavy atom. The van der Waals surface area contributed by atoms with E-state index >= 15 is 0 Å². The maximum atomic E-state index is 11.7. The van der Waals surface area contributed by atoms with Crippen molar-refractivity contribution in [3.05, 3.63) is 0 Å². The first-order valence-corrected chi connectivity index (χ1v) is 14.1. The molecule has 190 valence electrons. The lowest BCUT2D eigenvalue weighted by molar-refractivity contribution is -0.146. The minimum atomic E-state index is -0.144. The standard InChI is InChI=1S/C27H51ClO4/c1-2-3-4-5-6-8-11-14-19-24-31-26(29)21-16-17-22-27(30)32-25-20-15-12-9-7-10-13-18-23-28/h2-25H2,1H3. The van der Waals surface area contributed by atoms with E-state index < -0.39 is 0 Å². The molecular weight excluding hydrogens is 424 g/mol. The lowest BCUT2D eigenvalue weighted by atomic mass is 10.1. The molecule has 0 aliphatic heterocycles. The maximum absolute atomic E-state index is 11.7. The average Bonchev–Trinajstić information content (AvgIpc) is 2.79. The van der Waals surface area contributed by atoms with Crippen LogP contribution < -0.4 is 0 Å². The summed E-state index contributed by atoms with van der Waals surface area (Å²) in [6, 6.07) is 0. The van der Waals surface area contributed by atoms with E-state index in [4.69, 9.17) is 21.1 Å². The molecule has 0 amide bonds. The van der Waals surface area contributed by atoms with E-state index in [2.05, 4.69) is 6.92 Å². The van der Waals surface area contributed by atoms with Crippen LogP contribution in [0.5, 0.6) is 0 Å². The molecule has 0 aliphatic rings. The fraction of sp³-hybridized carbons (Fsp3) is 0.926. The summed E-state index contributed by atoms with van der Waals surface area (Å²) in [4.78, 5) is 23.5. The Balaban J connectivity index is 3.29. The van der Waals surface area contributed by atoms with E-state index in [1.165, 1.54) is 77.0 Å². The zero-order valence-electron chi connectivity index (χ0n) is 21.0. The van der Waals surface area contributed by atoms with Gasteiger partial charge in [-0.1, -0.05) is 96.8 Å². The monoisotopic (exact) mass is 474 g/mol. The van der Waals surface area contributed by atoms with Crippen molar-refractivity contribution >= 4 is 23.5 Å². The van der Waals surface area contributed by atoms with E-state index in [0.717, 1.165) is 38.0 Å². The Labute approximate surface area is 203 Å². The van der Waals surface area contributed by atoms with Gasteiger partial charge < -0.3 is 9.47 Å². The molecule has 0 radical (unpaired) electrons. The number of halogens is 1. The second-order valence-electron chi connectivity index (χ2n) is 8.99. The number of rotatable bonds is 25. The van der Waals surface area contributed by atoms with Crippen molar-refractivity contribution in [2.75, 3.05) is 19.1 Å². The summed E-state index contributed by atoms with van der Waals surface area (Å²) in [6.07, 6.45) is 22.9. The summed E-state index contributed by atoms with van der Waals surface area (Å²) in [7, 11) is 0. The average molecular weight is 475 g/mol. The molecule has 0 unspecified atom stereocenters. The van der Waals surface area contributed by atoms with Crippen LogP contribution in [0.3, 0.4) is 0 Å². The van der Waals surface area contributed by atoms with Crippen LogP contribution in [0.15, 0.2) is 0 Å². The molecule has 0 saturated heterocycles. The summed E-state index contributed by atoms with van der Waals surface area (Å²) in [5, 5.41) is 0. The molecule has 0 aromatic carbocycles. The van der Waals surface area contributed by atoms with Crippen molar-refractivity contribution in [1.29, 1.82) is 0 Å². The molecular formula is C27H51ClO4. The Bertz CT molecular complexity index is 376. The van der Waals surface area contributed by atoms with Gasteiger partial charge in [0.1, 0.15) is 0 Å². The molecule has 0 spiro atoms. The maximum Gasteiger partial charge on any atom is 0.305 e. The molecule has 0 bridgehead atoms. The molecule has 0 atom stereocenters. The van der Waals surface area contributed by atoms with Crippen molar-refractivity contribution in [2.45, 2.75) is 142 Å². The predicted molar refractivity (Wildman–Crippen MR) is 135 cm³/mol. The van der Waals surface area contributed by atoms with Gasteiger partial charge in [-0.2, -0.15) is 0 Å². The fourth-order valence-corrected chi connectivity index (χ4v) is 3.91. The summed E-state index contributed by atoms with van der Waals surface area (Å²) in [6.45, 7) is 3.29. The van der Waals surface area contributed by atoms with Gasteiger partial charge in [0, 0.05) is 18.7 Å². The molecule has 5 heteroatoms. The van der Waals surface area contributed by atoms with E-state index in [9.17, 15) is 9.59 Å². The van der Waals surface area contributed by atoms with Crippen LogP contribution >= 0.6 is 11.6 Å². The zero-order chi connectivity index (χ0) is 23.5. The van der Waals surface area contributed by atoms with E-state index in [1.807, 2.05) is 0 Å². The van der Waals surface area contributed by atoms with Gasteiger partial charge in [0.25, 0.3) is 0 Å². The molecule has 4 nitrogen and oxygen atoms in total. The number of carbonyl (C=O) groups excluding carboxylic acids is 2. The third-order valence-corrected chi connectivity index (χ3v) is 6.08. The van der Waals surface area contributed by atoms with Crippen LogP contribution in [0.4, 0.5) is 0 Å². The third kappa shape index (κ3) is 25.5. The van der Waals surface area contributed by atoms with Crippen LogP contribution in [0, 0.1) is 0 Å². The van der Waals surface area contributed by atoms with Gasteiger partial charge in [0.15, 0.2) is 0 Å². The van der Waals surface area contributed by atoms with Crippen molar-refractivity contribution < 1.29 is 19.1 Å². The Hall–Kier alpha value is -0.770. The lowest BCUT2D eigenvalue weighted by Crippen LogP contribution is -2.08. The molecule has 0 aliphatic carbocycles. The molecule has 0 fully saturated rings. The van der Waals surface area contributed by atoms with Gasteiger partial charge in [-0.05, 0) is 32.1 Å². The first kappa shape index (κ1) is 31.2. The van der Waals surface area contributed by atoms with Crippen LogP contribution in [-0.4, -0.2) is 31.0 Å². The smallest absolute Gasteiger partial charge is 0.305 e. The minimum Gasteiger partial charge on any atom is -0.466 e. The van der Waals surface area contributed by atoms with Crippen molar-refractivity contribution in [1.82, 2.24) is 0 Å². The normalized spacial score (nSPS) is 10.9. The minimum absolute atomic E-state index is 0.138. The number of unbranched alkanes of at least 4 members (excludes halogenated alkanes) is 16. The van der Waals surface area contributed by atoms with Gasteiger partial charge in [-0.3, -0.25) is 9.59 Å². The van der Waals surface area contributed by atoms with Crippen molar-refractivity contribution in [3.63, 3.8) is 0 Å². The number of hydrogen-bond acceptors (Lipinski definition) is 4. The summed E-state index contributed by atoms with van der Waals surface area (Å²) in [5.41, 5.74) is 0. The lowest BCUT2D eigenvalue weighted by Gasteiger charge is -2.06. The highest BCUT2D eigenvalue weighted by atomic mass is 35.5. The SMILES string of the molecule is CCCCCCCCCCCOC(=O)CCCCC(=O)OCCCCCCCCCCCl. The number of carbonyl (C=O) groups is 2. The quantitative estimate of drug-likeness (QED) is 0.0755. The highest BCUT2D eigenvalue weighted by Crippen LogP contribution is 2.11. The topological polar surface area (TPSA) is 52.6 Å². The largest absolute Gasteiger partial charge is 0.466 e. The highest BCUT2D eigenvalue weighted by molar-refractivity contribution is 6.17.